The van der Waals surface area contributed by atoms with Crippen molar-refractivity contribution in [2.24, 2.45) is 0 Å². The highest BCUT2D eigenvalue weighted by Crippen LogP contribution is 2.25. The van der Waals surface area contributed by atoms with E-state index in [9.17, 15) is 0 Å². The van der Waals surface area contributed by atoms with Crippen molar-refractivity contribution in [1.82, 2.24) is 4.98 Å². The van der Waals surface area contributed by atoms with Gasteiger partial charge < -0.3 is 4.74 Å². The summed E-state index contributed by atoms with van der Waals surface area (Å²) in [6, 6.07) is 13.2. The minimum Gasteiger partial charge on any atom is -0.454 e. The number of nitriles is 1. The third-order valence-corrected chi connectivity index (χ3v) is 2.91. The lowest BCUT2D eigenvalue weighted by Crippen LogP contribution is -1.90. The number of benzene rings is 1. The van der Waals surface area contributed by atoms with E-state index in [4.69, 9.17) is 10.00 Å². The van der Waals surface area contributed by atoms with Gasteiger partial charge in [-0.3, -0.25) is 0 Å². The van der Waals surface area contributed by atoms with Gasteiger partial charge in [0.05, 0.1) is 0 Å². The van der Waals surface area contributed by atoms with Crippen molar-refractivity contribution in [2.75, 3.05) is 6.26 Å². The SMILES string of the molecule is CSc1ccc(Oc2cccnc2C#N)cc1. The summed E-state index contributed by atoms with van der Waals surface area (Å²) in [6.07, 6.45) is 3.59. The second-order valence-corrected chi connectivity index (χ2v) is 4.12. The van der Waals surface area contributed by atoms with Gasteiger partial charge in [0.1, 0.15) is 11.8 Å². The van der Waals surface area contributed by atoms with Gasteiger partial charge in [-0.15, -0.1) is 11.8 Å². The van der Waals surface area contributed by atoms with E-state index in [-0.39, 0.29) is 0 Å². The molecule has 0 spiro atoms. The fraction of sp³-hybridized carbons (Fsp3) is 0.0769. The molecule has 0 aliphatic heterocycles. The van der Waals surface area contributed by atoms with Gasteiger partial charge in [0.2, 0.25) is 0 Å². The van der Waals surface area contributed by atoms with Gasteiger partial charge in [-0.05, 0) is 42.7 Å². The van der Waals surface area contributed by atoms with Crippen molar-refractivity contribution >= 4 is 11.8 Å². The zero-order chi connectivity index (χ0) is 12.1. The summed E-state index contributed by atoms with van der Waals surface area (Å²) in [5, 5.41) is 8.88. The van der Waals surface area contributed by atoms with Crippen molar-refractivity contribution in [3.05, 3.63) is 48.3 Å². The van der Waals surface area contributed by atoms with Crippen LogP contribution in [-0.4, -0.2) is 11.2 Å². The van der Waals surface area contributed by atoms with E-state index in [1.54, 1.807) is 30.1 Å². The molecular weight excluding hydrogens is 232 g/mol. The van der Waals surface area contributed by atoms with Gasteiger partial charge in [0, 0.05) is 11.1 Å². The summed E-state index contributed by atoms with van der Waals surface area (Å²) in [7, 11) is 0. The average Bonchev–Trinajstić information content (AvgIpc) is 2.40. The lowest BCUT2D eigenvalue weighted by Gasteiger charge is -2.06. The number of thioether (sulfide) groups is 1. The van der Waals surface area contributed by atoms with E-state index in [0.717, 1.165) is 0 Å². The number of pyridine rings is 1. The van der Waals surface area contributed by atoms with Crippen molar-refractivity contribution < 1.29 is 4.74 Å². The smallest absolute Gasteiger partial charge is 0.183 e. The standard InChI is InChI=1S/C13H10N2OS/c1-17-11-6-4-10(5-7-11)16-13-3-2-8-15-12(13)9-14/h2-8H,1H3. The Hall–Kier alpha value is -1.99. The molecule has 0 saturated carbocycles. The number of hydrogen-bond donors (Lipinski definition) is 0. The third kappa shape index (κ3) is 2.77. The fourth-order valence-electron chi connectivity index (χ4n) is 1.33. The highest BCUT2D eigenvalue weighted by atomic mass is 32.2. The van der Waals surface area contributed by atoms with Gasteiger partial charge in [-0.25, -0.2) is 4.98 Å². The zero-order valence-electron chi connectivity index (χ0n) is 9.25. The van der Waals surface area contributed by atoms with Crippen LogP contribution in [0.4, 0.5) is 0 Å². The summed E-state index contributed by atoms with van der Waals surface area (Å²) in [6.45, 7) is 0. The molecule has 2 aromatic rings. The fourth-order valence-corrected chi connectivity index (χ4v) is 1.74. The summed E-state index contributed by atoms with van der Waals surface area (Å²) in [4.78, 5) is 5.11. The highest BCUT2D eigenvalue weighted by molar-refractivity contribution is 7.98. The highest BCUT2D eigenvalue weighted by Gasteiger charge is 2.04. The first-order valence-corrected chi connectivity index (χ1v) is 6.23. The molecule has 17 heavy (non-hydrogen) atoms. The van der Waals surface area contributed by atoms with E-state index in [0.29, 0.717) is 17.2 Å². The summed E-state index contributed by atoms with van der Waals surface area (Å²) >= 11 is 1.67. The molecule has 0 saturated heterocycles. The second-order valence-electron chi connectivity index (χ2n) is 3.24. The average molecular weight is 242 g/mol. The Morgan fingerprint density at radius 2 is 2.00 bits per heavy atom. The maximum absolute atomic E-state index is 8.88. The number of rotatable bonds is 3. The molecule has 0 bridgehead atoms. The van der Waals surface area contributed by atoms with Crippen LogP contribution in [0.25, 0.3) is 0 Å². The molecule has 1 aromatic heterocycles. The summed E-state index contributed by atoms with van der Waals surface area (Å²) in [5.74, 6) is 1.18. The minimum atomic E-state index is 0.293. The van der Waals surface area contributed by atoms with Crippen LogP contribution >= 0.6 is 11.8 Å². The van der Waals surface area contributed by atoms with Gasteiger partial charge in [-0.1, -0.05) is 0 Å². The van der Waals surface area contributed by atoms with Crippen LogP contribution in [0.3, 0.4) is 0 Å². The third-order valence-electron chi connectivity index (χ3n) is 2.16. The molecule has 2 rings (SSSR count). The van der Waals surface area contributed by atoms with Crippen LogP contribution in [0.2, 0.25) is 0 Å². The van der Waals surface area contributed by atoms with E-state index in [1.807, 2.05) is 36.6 Å². The number of ether oxygens (including phenoxy) is 1. The Morgan fingerprint density at radius 3 is 2.65 bits per heavy atom. The molecule has 0 amide bonds. The monoisotopic (exact) mass is 242 g/mol. The molecule has 3 nitrogen and oxygen atoms in total. The maximum atomic E-state index is 8.88. The number of aromatic nitrogens is 1. The Labute approximate surface area is 104 Å². The molecular formula is C13H10N2OS. The van der Waals surface area contributed by atoms with Gasteiger partial charge in [-0.2, -0.15) is 5.26 Å². The predicted molar refractivity (Wildman–Crippen MR) is 67.2 cm³/mol. The predicted octanol–water partition coefficient (Wildman–Crippen LogP) is 3.47. The maximum Gasteiger partial charge on any atom is 0.183 e. The van der Waals surface area contributed by atoms with E-state index < -0.39 is 0 Å². The molecule has 0 fully saturated rings. The van der Waals surface area contributed by atoms with Crippen LogP contribution in [-0.2, 0) is 0 Å². The van der Waals surface area contributed by atoms with E-state index >= 15 is 0 Å². The normalized spacial score (nSPS) is 9.65. The molecule has 0 N–H and O–H groups in total. The first kappa shape index (κ1) is 11.5. The number of hydrogen-bond acceptors (Lipinski definition) is 4. The molecule has 84 valence electrons. The van der Waals surface area contributed by atoms with Crippen molar-refractivity contribution in [3.8, 4) is 17.6 Å². The lowest BCUT2D eigenvalue weighted by molar-refractivity contribution is 0.478. The Kier molecular flexibility index (Phi) is 3.63. The second kappa shape index (κ2) is 5.37. The summed E-state index contributed by atoms with van der Waals surface area (Å²) in [5.41, 5.74) is 0.293. The topological polar surface area (TPSA) is 45.9 Å². The molecule has 0 atom stereocenters. The van der Waals surface area contributed by atoms with Gasteiger partial charge in [0.15, 0.2) is 11.4 Å². The van der Waals surface area contributed by atoms with Crippen LogP contribution in [0.5, 0.6) is 11.5 Å². The van der Waals surface area contributed by atoms with Crippen molar-refractivity contribution in [2.45, 2.75) is 4.90 Å². The Balaban J connectivity index is 2.23. The molecule has 0 unspecified atom stereocenters. The Bertz CT molecular complexity index is 546. The lowest BCUT2D eigenvalue weighted by atomic mass is 10.3. The quantitative estimate of drug-likeness (QED) is 0.773. The van der Waals surface area contributed by atoms with Gasteiger partial charge in [0.25, 0.3) is 0 Å². The first-order chi connectivity index (χ1) is 8.33. The number of nitrogens with zero attached hydrogens (tertiary/aromatic N) is 2. The van der Waals surface area contributed by atoms with E-state index in [2.05, 4.69) is 4.98 Å². The summed E-state index contributed by atoms with van der Waals surface area (Å²) < 4.78 is 5.61. The largest absolute Gasteiger partial charge is 0.454 e. The molecule has 1 aromatic carbocycles. The molecule has 1 heterocycles. The molecule has 0 aliphatic rings. The van der Waals surface area contributed by atoms with Crippen LogP contribution in [0.15, 0.2) is 47.5 Å². The first-order valence-electron chi connectivity index (χ1n) is 5.00. The zero-order valence-corrected chi connectivity index (χ0v) is 10.1. The molecule has 4 heteroatoms. The molecule has 0 radical (unpaired) electrons. The Morgan fingerprint density at radius 1 is 1.24 bits per heavy atom. The van der Waals surface area contributed by atoms with Crippen LogP contribution in [0, 0.1) is 11.3 Å². The van der Waals surface area contributed by atoms with Crippen LogP contribution < -0.4 is 4.74 Å². The van der Waals surface area contributed by atoms with Crippen LogP contribution in [0.1, 0.15) is 5.69 Å². The van der Waals surface area contributed by atoms with E-state index in [1.165, 1.54) is 4.90 Å². The van der Waals surface area contributed by atoms with Crippen molar-refractivity contribution in [1.29, 1.82) is 5.26 Å². The van der Waals surface area contributed by atoms with Gasteiger partial charge >= 0.3 is 0 Å². The van der Waals surface area contributed by atoms with Crippen molar-refractivity contribution in [3.63, 3.8) is 0 Å². The minimum absolute atomic E-state index is 0.293. The molecule has 0 aliphatic carbocycles.